The molecule has 0 saturated carbocycles. The summed E-state index contributed by atoms with van der Waals surface area (Å²) in [5.41, 5.74) is 1.26. The third-order valence-electron chi connectivity index (χ3n) is 2.76. The number of rotatable bonds is 4. The standard InChI is InChI=1S/C15H12ClNO3/c1-20-14-8-4-12(5-9-14)15(17(18)19)10-11-2-6-13(16)7-3-11/h2-10H,1H3. The van der Waals surface area contributed by atoms with Crippen LogP contribution >= 0.6 is 11.6 Å². The van der Waals surface area contributed by atoms with Crippen LogP contribution in [0.25, 0.3) is 11.8 Å². The maximum atomic E-state index is 11.2. The molecular weight excluding hydrogens is 278 g/mol. The smallest absolute Gasteiger partial charge is 0.277 e. The quantitative estimate of drug-likeness (QED) is 0.483. The van der Waals surface area contributed by atoms with E-state index in [0.29, 0.717) is 16.3 Å². The summed E-state index contributed by atoms with van der Waals surface area (Å²) in [6.07, 6.45) is 1.51. The largest absolute Gasteiger partial charge is 0.497 e. The first kappa shape index (κ1) is 14.1. The van der Waals surface area contributed by atoms with E-state index in [4.69, 9.17) is 16.3 Å². The topological polar surface area (TPSA) is 52.4 Å². The van der Waals surface area contributed by atoms with Crippen LogP contribution < -0.4 is 4.74 Å². The Labute approximate surface area is 121 Å². The summed E-state index contributed by atoms with van der Waals surface area (Å²) in [7, 11) is 1.55. The van der Waals surface area contributed by atoms with Crippen molar-refractivity contribution in [2.45, 2.75) is 0 Å². The second-order valence-electron chi connectivity index (χ2n) is 4.07. The lowest BCUT2D eigenvalue weighted by Crippen LogP contribution is -1.98. The van der Waals surface area contributed by atoms with Gasteiger partial charge in [0.25, 0.3) is 5.70 Å². The molecule has 2 aromatic rings. The lowest BCUT2D eigenvalue weighted by molar-refractivity contribution is -0.374. The van der Waals surface area contributed by atoms with E-state index in [9.17, 15) is 10.1 Å². The zero-order valence-electron chi connectivity index (χ0n) is 10.7. The number of nitrogens with zero attached hydrogens (tertiary/aromatic N) is 1. The van der Waals surface area contributed by atoms with Gasteiger partial charge < -0.3 is 4.74 Å². The molecule has 2 rings (SSSR count). The number of benzene rings is 2. The zero-order chi connectivity index (χ0) is 14.5. The average molecular weight is 290 g/mol. The molecule has 0 aromatic heterocycles. The molecule has 0 aliphatic rings. The maximum Gasteiger partial charge on any atom is 0.277 e. The number of ether oxygens (including phenoxy) is 1. The van der Waals surface area contributed by atoms with E-state index in [1.165, 1.54) is 6.08 Å². The van der Waals surface area contributed by atoms with Gasteiger partial charge in [-0.15, -0.1) is 0 Å². The lowest BCUT2D eigenvalue weighted by atomic mass is 10.1. The van der Waals surface area contributed by atoms with Gasteiger partial charge >= 0.3 is 0 Å². The van der Waals surface area contributed by atoms with Crippen molar-refractivity contribution >= 4 is 23.4 Å². The van der Waals surface area contributed by atoms with Crippen molar-refractivity contribution in [1.82, 2.24) is 0 Å². The van der Waals surface area contributed by atoms with Crippen molar-refractivity contribution in [3.8, 4) is 5.75 Å². The Morgan fingerprint density at radius 1 is 1.15 bits per heavy atom. The van der Waals surface area contributed by atoms with E-state index >= 15 is 0 Å². The fourth-order valence-electron chi connectivity index (χ4n) is 1.72. The van der Waals surface area contributed by atoms with Crippen LogP contribution in [0.4, 0.5) is 0 Å². The fourth-order valence-corrected chi connectivity index (χ4v) is 1.85. The van der Waals surface area contributed by atoms with Crippen LogP contribution in [0, 0.1) is 10.1 Å². The summed E-state index contributed by atoms with van der Waals surface area (Å²) in [6, 6.07) is 13.5. The molecule has 0 atom stereocenters. The van der Waals surface area contributed by atoms with Gasteiger partial charge in [0.2, 0.25) is 0 Å². The van der Waals surface area contributed by atoms with Crippen molar-refractivity contribution in [3.63, 3.8) is 0 Å². The van der Waals surface area contributed by atoms with Crippen molar-refractivity contribution in [2.75, 3.05) is 7.11 Å². The van der Waals surface area contributed by atoms with E-state index < -0.39 is 4.92 Å². The SMILES string of the molecule is COc1ccc(C(=Cc2ccc(Cl)cc2)[N+](=O)[O-])cc1. The minimum absolute atomic E-state index is 0.0231. The van der Waals surface area contributed by atoms with E-state index in [1.807, 2.05) is 0 Å². The Morgan fingerprint density at radius 3 is 2.25 bits per heavy atom. The normalized spacial score (nSPS) is 11.2. The van der Waals surface area contributed by atoms with Crippen LogP contribution in [0.15, 0.2) is 48.5 Å². The molecule has 5 heteroatoms. The van der Waals surface area contributed by atoms with E-state index in [0.717, 1.165) is 5.56 Å². The van der Waals surface area contributed by atoms with Crippen LogP contribution in [-0.2, 0) is 0 Å². The predicted octanol–water partition coefficient (Wildman–Crippen LogP) is 4.12. The molecular formula is C15H12ClNO3. The molecule has 0 heterocycles. The molecule has 2 aromatic carbocycles. The minimum atomic E-state index is -0.406. The predicted molar refractivity (Wildman–Crippen MR) is 79.3 cm³/mol. The van der Waals surface area contributed by atoms with Crippen molar-refractivity contribution in [3.05, 3.63) is 74.8 Å². The number of methoxy groups -OCH3 is 1. The molecule has 20 heavy (non-hydrogen) atoms. The Morgan fingerprint density at radius 2 is 1.75 bits per heavy atom. The monoisotopic (exact) mass is 289 g/mol. The third kappa shape index (κ3) is 3.36. The molecule has 0 bridgehead atoms. The molecule has 0 saturated heterocycles. The molecule has 0 unspecified atom stereocenters. The van der Waals surface area contributed by atoms with Crippen LogP contribution in [0.3, 0.4) is 0 Å². The van der Waals surface area contributed by atoms with Gasteiger partial charge in [0, 0.05) is 11.1 Å². The summed E-state index contributed by atoms with van der Waals surface area (Å²) < 4.78 is 5.04. The molecule has 0 amide bonds. The van der Waals surface area contributed by atoms with Crippen molar-refractivity contribution in [2.24, 2.45) is 0 Å². The Balaban J connectivity index is 2.39. The molecule has 0 radical (unpaired) electrons. The lowest BCUT2D eigenvalue weighted by Gasteiger charge is -2.02. The van der Waals surface area contributed by atoms with Gasteiger partial charge in [-0.25, -0.2) is 0 Å². The van der Waals surface area contributed by atoms with Gasteiger partial charge in [-0.3, -0.25) is 10.1 Å². The maximum absolute atomic E-state index is 11.2. The summed E-state index contributed by atoms with van der Waals surface area (Å²) in [5, 5.41) is 11.8. The van der Waals surface area contributed by atoms with E-state index in [-0.39, 0.29) is 5.70 Å². The fraction of sp³-hybridized carbons (Fsp3) is 0.0667. The van der Waals surface area contributed by atoms with Crippen molar-refractivity contribution in [1.29, 1.82) is 0 Å². The molecule has 0 aliphatic carbocycles. The molecule has 0 spiro atoms. The highest BCUT2D eigenvalue weighted by molar-refractivity contribution is 6.30. The molecule has 102 valence electrons. The first-order valence-electron chi connectivity index (χ1n) is 5.86. The molecule has 0 N–H and O–H groups in total. The Hall–Kier alpha value is -2.33. The number of halogens is 1. The van der Waals surface area contributed by atoms with Crippen LogP contribution in [0.5, 0.6) is 5.75 Å². The van der Waals surface area contributed by atoms with E-state index in [2.05, 4.69) is 0 Å². The molecule has 4 nitrogen and oxygen atoms in total. The number of hydrogen-bond acceptors (Lipinski definition) is 3. The molecule has 0 aliphatic heterocycles. The zero-order valence-corrected chi connectivity index (χ0v) is 11.5. The first-order valence-corrected chi connectivity index (χ1v) is 6.24. The first-order chi connectivity index (χ1) is 9.60. The van der Waals surface area contributed by atoms with Gasteiger partial charge in [-0.05, 0) is 42.0 Å². The van der Waals surface area contributed by atoms with Gasteiger partial charge in [-0.1, -0.05) is 23.7 Å². The van der Waals surface area contributed by atoms with Gasteiger partial charge in [-0.2, -0.15) is 0 Å². The summed E-state index contributed by atoms with van der Waals surface area (Å²) in [5.74, 6) is 0.656. The van der Waals surface area contributed by atoms with Gasteiger partial charge in [0.1, 0.15) is 5.75 Å². The highest BCUT2D eigenvalue weighted by Gasteiger charge is 2.14. The summed E-state index contributed by atoms with van der Waals surface area (Å²) >= 11 is 5.79. The van der Waals surface area contributed by atoms with Crippen LogP contribution in [0.1, 0.15) is 11.1 Å². The third-order valence-corrected chi connectivity index (χ3v) is 3.01. The number of hydrogen-bond donors (Lipinski definition) is 0. The highest BCUT2D eigenvalue weighted by Crippen LogP contribution is 2.22. The minimum Gasteiger partial charge on any atom is -0.497 e. The Kier molecular flexibility index (Phi) is 4.38. The van der Waals surface area contributed by atoms with Gasteiger partial charge in [0.05, 0.1) is 17.6 Å². The van der Waals surface area contributed by atoms with Crippen molar-refractivity contribution < 1.29 is 9.66 Å². The summed E-state index contributed by atoms with van der Waals surface area (Å²) in [4.78, 5) is 10.8. The van der Waals surface area contributed by atoms with Gasteiger partial charge in [0.15, 0.2) is 0 Å². The Bertz CT molecular complexity index is 633. The number of nitro groups is 1. The highest BCUT2D eigenvalue weighted by atomic mass is 35.5. The second kappa shape index (κ2) is 6.21. The average Bonchev–Trinajstić information content (AvgIpc) is 2.46. The van der Waals surface area contributed by atoms with E-state index in [1.54, 1.807) is 55.6 Å². The van der Waals surface area contributed by atoms with Crippen LogP contribution in [0.2, 0.25) is 5.02 Å². The van der Waals surface area contributed by atoms with Crippen LogP contribution in [-0.4, -0.2) is 12.0 Å². The molecule has 0 fully saturated rings. The second-order valence-corrected chi connectivity index (χ2v) is 4.50. The summed E-state index contributed by atoms with van der Waals surface area (Å²) in [6.45, 7) is 0.